The Bertz CT molecular complexity index is 1430. The van der Waals surface area contributed by atoms with Gasteiger partial charge in [-0.25, -0.2) is 12.8 Å². The van der Waals surface area contributed by atoms with Crippen LogP contribution in [0.1, 0.15) is 32.8 Å². The zero-order chi connectivity index (χ0) is 30.2. The number of anilines is 1. The number of nitrogens with zero attached hydrogens (tertiary/aromatic N) is 2. The average Bonchev–Trinajstić information content (AvgIpc) is 2.95. The van der Waals surface area contributed by atoms with E-state index in [4.69, 9.17) is 16.3 Å². The van der Waals surface area contributed by atoms with E-state index in [0.717, 1.165) is 4.31 Å². The van der Waals surface area contributed by atoms with E-state index in [1.54, 1.807) is 19.1 Å². The molecule has 0 unspecified atom stereocenters. The van der Waals surface area contributed by atoms with E-state index in [2.05, 4.69) is 5.32 Å². The van der Waals surface area contributed by atoms with Gasteiger partial charge in [-0.15, -0.1) is 0 Å². The summed E-state index contributed by atoms with van der Waals surface area (Å²) in [7, 11) is -2.79. The van der Waals surface area contributed by atoms with Crippen LogP contribution in [0.25, 0.3) is 0 Å². The van der Waals surface area contributed by atoms with Crippen molar-refractivity contribution in [3.63, 3.8) is 0 Å². The highest BCUT2D eigenvalue weighted by Crippen LogP contribution is 2.28. The third kappa shape index (κ3) is 8.43. The summed E-state index contributed by atoms with van der Waals surface area (Å²) in [5.41, 5.74) is 0.767. The fraction of sp³-hybridized carbons (Fsp3) is 0.333. The zero-order valence-corrected chi connectivity index (χ0v) is 25.1. The summed E-state index contributed by atoms with van der Waals surface area (Å²) < 4.78 is 47.5. The molecule has 0 fully saturated rings. The molecule has 0 heterocycles. The maximum absolute atomic E-state index is 14.0. The summed E-state index contributed by atoms with van der Waals surface area (Å²) in [4.78, 5) is 28.5. The number of sulfonamides is 1. The van der Waals surface area contributed by atoms with Gasteiger partial charge >= 0.3 is 0 Å². The maximum Gasteiger partial charge on any atom is 0.264 e. The van der Waals surface area contributed by atoms with Gasteiger partial charge in [0.05, 0.1) is 17.7 Å². The van der Waals surface area contributed by atoms with Crippen molar-refractivity contribution in [1.29, 1.82) is 0 Å². The number of halogens is 2. The lowest BCUT2D eigenvalue weighted by atomic mass is 10.1. The molecule has 0 spiro atoms. The molecule has 220 valence electrons. The summed E-state index contributed by atoms with van der Waals surface area (Å²) in [6.07, 6.45) is 0.277. The zero-order valence-electron chi connectivity index (χ0n) is 23.5. The van der Waals surface area contributed by atoms with Crippen molar-refractivity contribution < 1.29 is 27.1 Å². The Balaban J connectivity index is 2.04. The minimum absolute atomic E-state index is 0.0291. The number of hydrogen-bond donors (Lipinski definition) is 1. The molecule has 3 aromatic rings. The Morgan fingerprint density at radius 1 is 1.02 bits per heavy atom. The standard InChI is InChI=1S/C30H35ClFN3O5S/c1-5-28(30(37)33-18-21(2)3)34(19-22-9-11-24(32)12-10-22)29(36)20-35(25-8-6-7-23(31)17-25)41(38,39)27-15-13-26(40-4)14-16-27/h6-17,21,28H,5,18-20H2,1-4H3,(H,33,37)/t28-/m1/s1. The fourth-order valence-electron chi connectivity index (χ4n) is 4.16. The molecule has 0 aromatic heterocycles. The molecule has 0 radical (unpaired) electrons. The molecule has 0 saturated carbocycles. The quantitative estimate of drug-likeness (QED) is 0.287. The minimum Gasteiger partial charge on any atom is -0.497 e. The smallest absolute Gasteiger partial charge is 0.264 e. The van der Waals surface area contributed by atoms with Gasteiger partial charge in [-0.3, -0.25) is 13.9 Å². The third-order valence-electron chi connectivity index (χ3n) is 6.36. The first-order valence-corrected chi connectivity index (χ1v) is 15.0. The molecule has 1 N–H and O–H groups in total. The molecule has 0 aliphatic rings. The van der Waals surface area contributed by atoms with Crippen LogP contribution in [-0.4, -0.2) is 51.4 Å². The molecular weight excluding hydrogens is 569 g/mol. The van der Waals surface area contributed by atoms with Crippen LogP contribution < -0.4 is 14.4 Å². The summed E-state index contributed by atoms with van der Waals surface area (Å²) in [6, 6.07) is 16.7. The number of methoxy groups -OCH3 is 1. The van der Waals surface area contributed by atoms with Crippen LogP contribution in [0, 0.1) is 11.7 Å². The van der Waals surface area contributed by atoms with Crippen molar-refractivity contribution in [2.75, 3.05) is 24.5 Å². The highest BCUT2D eigenvalue weighted by molar-refractivity contribution is 7.92. The van der Waals surface area contributed by atoms with Crippen LogP contribution >= 0.6 is 11.6 Å². The first kappa shape index (κ1) is 31.9. The van der Waals surface area contributed by atoms with E-state index in [-0.39, 0.29) is 40.4 Å². The summed E-state index contributed by atoms with van der Waals surface area (Å²) in [6.45, 7) is 5.45. The second-order valence-electron chi connectivity index (χ2n) is 9.88. The number of carbonyl (C=O) groups is 2. The van der Waals surface area contributed by atoms with Crippen molar-refractivity contribution in [3.05, 3.63) is 89.2 Å². The van der Waals surface area contributed by atoms with E-state index in [9.17, 15) is 22.4 Å². The highest BCUT2D eigenvalue weighted by atomic mass is 35.5. The van der Waals surface area contributed by atoms with E-state index < -0.39 is 34.3 Å². The molecule has 0 aliphatic heterocycles. The van der Waals surface area contributed by atoms with Crippen LogP contribution in [0.15, 0.2) is 77.7 Å². The number of rotatable bonds is 13. The van der Waals surface area contributed by atoms with Crippen LogP contribution in [-0.2, 0) is 26.2 Å². The molecule has 3 rings (SSSR count). The molecule has 11 heteroatoms. The van der Waals surface area contributed by atoms with Crippen molar-refractivity contribution >= 4 is 39.1 Å². The van der Waals surface area contributed by atoms with E-state index in [0.29, 0.717) is 17.9 Å². The largest absolute Gasteiger partial charge is 0.497 e. The Kier molecular flexibility index (Phi) is 11.1. The third-order valence-corrected chi connectivity index (χ3v) is 8.38. The van der Waals surface area contributed by atoms with Gasteiger partial charge in [0.1, 0.15) is 24.2 Å². The molecule has 1 atom stereocenters. The van der Waals surface area contributed by atoms with Gasteiger partial charge in [-0.2, -0.15) is 0 Å². The van der Waals surface area contributed by atoms with Crippen molar-refractivity contribution in [3.8, 4) is 5.75 Å². The number of hydrogen-bond acceptors (Lipinski definition) is 5. The lowest BCUT2D eigenvalue weighted by molar-refractivity contribution is -0.140. The topological polar surface area (TPSA) is 96.0 Å². The molecule has 2 amide bonds. The highest BCUT2D eigenvalue weighted by Gasteiger charge is 2.33. The summed E-state index contributed by atoms with van der Waals surface area (Å²) >= 11 is 6.20. The number of carbonyl (C=O) groups excluding carboxylic acids is 2. The van der Waals surface area contributed by atoms with Crippen molar-refractivity contribution in [2.24, 2.45) is 5.92 Å². The van der Waals surface area contributed by atoms with Gasteiger partial charge in [0.25, 0.3) is 10.0 Å². The van der Waals surface area contributed by atoms with Crippen LogP contribution in [0.3, 0.4) is 0 Å². The minimum atomic E-state index is -4.26. The van der Waals surface area contributed by atoms with E-state index in [1.807, 2.05) is 13.8 Å². The molecule has 0 saturated heterocycles. The van der Waals surface area contributed by atoms with Gasteiger partial charge < -0.3 is 15.0 Å². The fourth-order valence-corrected chi connectivity index (χ4v) is 5.75. The average molecular weight is 604 g/mol. The maximum atomic E-state index is 14.0. The second-order valence-corrected chi connectivity index (χ2v) is 12.2. The van der Waals surface area contributed by atoms with Crippen LogP contribution in [0.4, 0.5) is 10.1 Å². The van der Waals surface area contributed by atoms with Gasteiger partial charge in [-0.1, -0.05) is 50.6 Å². The summed E-state index contributed by atoms with van der Waals surface area (Å²) in [5.74, 6) is -0.753. The second kappa shape index (κ2) is 14.3. The van der Waals surface area contributed by atoms with E-state index >= 15 is 0 Å². The Labute approximate surface area is 246 Å². The lowest BCUT2D eigenvalue weighted by Gasteiger charge is -2.33. The predicted octanol–water partition coefficient (Wildman–Crippen LogP) is 5.26. The Morgan fingerprint density at radius 2 is 1.68 bits per heavy atom. The number of benzene rings is 3. The Morgan fingerprint density at radius 3 is 2.24 bits per heavy atom. The lowest BCUT2D eigenvalue weighted by Crippen LogP contribution is -2.52. The Hall–Kier alpha value is -3.63. The first-order valence-electron chi connectivity index (χ1n) is 13.2. The van der Waals surface area contributed by atoms with Crippen molar-refractivity contribution in [2.45, 2.75) is 44.7 Å². The van der Waals surface area contributed by atoms with Gasteiger partial charge in [-0.05, 0) is 72.5 Å². The number of ether oxygens (including phenoxy) is 1. The monoisotopic (exact) mass is 603 g/mol. The molecule has 8 nitrogen and oxygen atoms in total. The molecule has 0 bridgehead atoms. The van der Waals surface area contributed by atoms with Gasteiger partial charge in [0.2, 0.25) is 11.8 Å². The van der Waals surface area contributed by atoms with Crippen LogP contribution in [0.5, 0.6) is 5.75 Å². The molecule has 0 aliphatic carbocycles. The van der Waals surface area contributed by atoms with Gasteiger partial charge in [0.15, 0.2) is 0 Å². The predicted molar refractivity (Wildman–Crippen MR) is 158 cm³/mol. The van der Waals surface area contributed by atoms with Crippen molar-refractivity contribution in [1.82, 2.24) is 10.2 Å². The normalized spacial score (nSPS) is 12.1. The summed E-state index contributed by atoms with van der Waals surface area (Å²) in [5, 5.41) is 3.15. The SMILES string of the molecule is CC[C@H](C(=O)NCC(C)C)N(Cc1ccc(F)cc1)C(=O)CN(c1cccc(Cl)c1)S(=O)(=O)c1ccc(OC)cc1. The van der Waals surface area contributed by atoms with E-state index in [1.165, 1.54) is 72.7 Å². The molecule has 3 aromatic carbocycles. The molecular formula is C30H35ClFN3O5S. The van der Waals surface area contributed by atoms with Gasteiger partial charge in [0, 0.05) is 18.1 Å². The molecule has 41 heavy (non-hydrogen) atoms. The number of amides is 2. The first-order chi connectivity index (χ1) is 19.5. The number of nitrogens with one attached hydrogen (secondary N) is 1. The van der Waals surface area contributed by atoms with Crippen LogP contribution in [0.2, 0.25) is 5.02 Å².